The molecule has 0 atom stereocenters. The zero-order chi connectivity index (χ0) is 10.0. The molecule has 7 heteroatoms. The first-order valence-corrected chi connectivity index (χ1v) is 3.80. The molecule has 0 bridgehead atoms. The van der Waals surface area contributed by atoms with Gasteiger partial charge in [0.25, 0.3) is 10.5 Å². The minimum absolute atomic E-state index is 0.353. The maximum Gasteiger partial charge on any atom is 0.433 e. The number of carbonyl (C=O) groups excluding carboxylic acids is 2. The van der Waals surface area contributed by atoms with Crippen molar-refractivity contribution in [2.24, 2.45) is 0 Å². The first-order valence-electron chi connectivity index (χ1n) is 3.00. The maximum absolute atomic E-state index is 10.9. The second-order valence-corrected chi connectivity index (χ2v) is 2.72. The van der Waals surface area contributed by atoms with Crippen molar-refractivity contribution >= 4 is 32.3 Å². The Morgan fingerprint density at radius 3 is 2.46 bits per heavy atom. The Bertz CT molecular complexity index is 382. The number of nitro groups is 1. The van der Waals surface area contributed by atoms with Crippen LogP contribution in [0, 0.1) is 10.1 Å². The summed E-state index contributed by atoms with van der Waals surface area (Å²) >= 11 is 2.40. The van der Waals surface area contributed by atoms with Crippen LogP contribution >= 0.6 is 15.9 Å². The number of halogens is 1. The van der Waals surface area contributed by atoms with Crippen molar-refractivity contribution < 1.29 is 18.9 Å². The number of Topliss-reactive ketones (excluding diaryl/α,β-unsaturated/α-hetero) is 1. The first-order chi connectivity index (χ1) is 6.02. The van der Waals surface area contributed by atoms with Crippen molar-refractivity contribution in [3.8, 4) is 0 Å². The fourth-order valence-corrected chi connectivity index (χ4v) is 0.840. The molecule has 0 aliphatic carbocycles. The number of hydrogen-bond donors (Lipinski definition) is 0. The van der Waals surface area contributed by atoms with Crippen LogP contribution in [0.5, 0.6) is 0 Å². The van der Waals surface area contributed by atoms with Crippen molar-refractivity contribution in [2.75, 3.05) is 0 Å². The fraction of sp³-hybridized carbons (Fsp3) is 0. The summed E-state index contributed by atoms with van der Waals surface area (Å²) < 4.78 is 3.56. The van der Waals surface area contributed by atoms with Crippen LogP contribution in [0.1, 0.15) is 10.6 Å². The van der Waals surface area contributed by atoms with Gasteiger partial charge in [-0.05, 0) is 6.07 Å². The van der Waals surface area contributed by atoms with E-state index in [0.29, 0.717) is 0 Å². The Balaban J connectivity index is 2.99. The van der Waals surface area contributed by atoms with Gasteiger partial charge in [-0.3, -0.25) is 19.7 Å². The van der Waals surface area contributed by atoms with E-state index < -0.39 is 21.3 Å². The second kappa shape index (κ2) is 3.48. The van der Waals surface area contributed by atoms with E-state index in [-0.39, 0.29) is 5.76 Å². The summed E-state index contributed by atoms with van der Waals surface area (Å²) in [4.78, 5) is 30.6. The van der Waals surface area contributed by atoms with Crippen LogP contribution in [-0.4, -0.2) is 15.4 Å². The number of rotatable bonds is 3. The van der Waals surface area contributed by atoms with E-state index in [1.807, 2.05) is 0 Å². The molecule has 68 valence electrons. The maximum atomic E-state index is 10.9. The molecule has 0 spiro atoms. The van der Waals surface area contributed by atoms with Gasteiger partial charge in [0.15, 0.2) is 5.76 Å². The molecule has 0 fully saturated rings. The van der Waals surface area contributed by atoms with E-state index in [4.69, 9.17) is 0 Å². The SMILES string of the molecule is O=C(Br)C(=O)c1ccc([N+](=O)[O-])o1. The number of carbonyl (C=O) groups is 2. The van der Waals surface area contributed by atoms with Crippen molar-refractivity contribution in [2.45, 2.75) is 0 Å². The highest BCUT2D eigenvalue weighted by atomic mass is 79.9. The average Bonchev–Trinajstić information content (AvgIpc) is 2.50. The van der Waals surface area contributed by atoms with Gasteiger partial charge in [-0.15, -0.1) is 0 Å². The van der Waals surface area contributed by atoms with Crippen LogP contribution < -0.4 is 0 Å². The van der Waals surface area contributed by atoms with E-state index in [1.54, 1.807) is 0 Å². The summed E-state index contributed by atoms with van der Waals surface area (Å²) in [5, 5.41) is 10.1. The predicted molar refractivity (Wildman–Crippen MR) is 43.6 cm³/mol. The summed E-state index contributed by atoms with van der Waals surface area (Å²) in [6.07, 6.45) is 0. The summed E-state index contributed by atoms with van der Waals surface area (Å²) in [7, 11) is 0. The fourth-order valence-electron chi connectivity index (χ4n) is 0.645. The third-order valence-electron chi connectivity index (χ3n) is 1.17. The van der Waals surface area contributed by atoms with Crippen molar-refractivity contribution in [1.82, 2.24) is 0 Å². The van der Waals surface area contributed by atoms with Crippen LogP contribution in [-0.2, 0) is 4.79 Å². The lowest BCUT2D eigenvalue weighted by atomic mass is 10.3. The normalized spacial score (nSPS) is 9.62. The van der Waals surface area contributed by atoms with E-state index in [9.17, 15) is 19.7 Å². The van der Waals surface area contributed by atoms with Gasteiger partial charge in [0.1, 0.15) is 4.92 Å². The van der Waals surface area contributed by atoms with Crippen molar-refractivity contribution in [1.29, 1.82) is 0 Å². The minimum Gasteiger partial charge on any atom is -0.397 e. The van der Waals surface area contributed by atoms with Crippen LogP contribution in [0.25, 0.3) is 0 Å². The largest absolute Gasteiger partial charge is 0.433 e. The molecular weight excluding hydrogens is 246 g/mol. The summed E-state index contributed by atoms with van der Waals surface area (Å²) in [5.74, 6) is -1.88. The summed E-state index contributed by atoms with van der Waals surface area (Å²) in [6.45, 7) is 0. The molecule has 1 aromatic rings. The van der Waals surface area contributed by atoms with Crippen LogP contribution in [0.4, 0.5) is 5.88 Å². The monoisotopic (exact) mass is 247 g/mol. The molecular formula is C6H2BrNO5. The molecule has 1 heterocycles. The van der Waals surface area contributed by atoms with Gasteiger partial charge in [-0.1, -0.05) is 0 Å². The summed E-state index contributed by atoms with van der Waals surface area (Å²) in [5.41, 5.74) is 0. The minimum atomic E-state index is -0.951. The highest BCUT2D eigenvalue weighted by Crippen LogP contribution is 2.16. The van der Waals surface area contributed by atoms with Crippen LogP contribution in [0.2, 0.25) is 0 Å². The van der Waals surface area contributed by atoms with Gasteiger partial charge >= 0.3 is 5.88 Å². The zero-order valence-corrected chi connectivity index (χ0v) is 7.61. The lowest BCUT2D eigenvalue weighted by Gasteiger charge is -1.85. The third-order valence-corrected chi connectivity index (χ3v) is 1.53. The van der Waals surface area contributed by atoms with Crippen molar-refractivity contribution in [3.63, 3.8) is 0 Å². The highest BCUT2D eigenvalue weighted by Gasteiger charge is 2.20. The highest BCUT2D eigenvalue weighted by molar-refractivity contribution is 9.19. The van der Waals surface area contributed by atoms with Gasteiger partial charge in [0.05, 0.1) is 6.07 Å². The van der Waals surface area contributed by atoms with E-state index >= 15 is 0 Å². The predicted octanol–water partition coefficient (Wildman–Crippen LogP) is 1.29. The molecule has 0 aliphatic rings. The Hall–Kier alpha value is -1.50. The number of nitrogens with zero attached hydrogens (tertiary/aromatic N) is 1. The molecule has 0 aliphatic heterocycles. The smallest absolute Gasteiger partial charge is 0.397 e. The van der Waals surface area contributed by atoms with Crippen LogP contribution in [0.15, 0.2) is 16.5 Å². The number of hydrogen-bond acceptors (Lipinski definition) is 5. The third kappa shape index (κ3) is 2.00. The molecule has 1 rings (SSSR count). The Morgan fingerprint density at radius 1 is 1.46 bits per heavy atom. The number of furan rings is 1. The van der Waals surface area contributed by atoms with Crippen LogP contribution in [0.3, 0.4) is 0 Å². The average molecular weight is 248 g/mol. The van der Waals surface area contributed by atoms with Gasteiger partial charge < -0.3 is 4.42 Å². The quantitative estimate of drug-likeness (QED) is 0.264. The zero-order valence-electron chi connectivity index (χ0n) is 6.02. The number of ketones is 1. The topological polar surface area (TPSA) is 90.4 Å². The van der Waals surface area contributed by atoms with Gasteiger partial charge in [0, 0.05) is 15.9 Å². The Labute approximate surface area is 79.8 Å². The Morgan fingerprint density at radius 2 is 2.08 bits per heavy atom. The van der Waals surface area contributed by atoms with E-state index in [2.05, 4.69) is 20.3 Å². The molecule has 0 radical (unpaired) electrons. The van der Waals surface area contributed by atoms with Gasteiger partial charge in [0.2, 0.25) is 0 Å². The Kier molecular flexibility index (Phi) is 2.57. The molecule has 0 saturated heterocycles. The summed E-state index contributed by atoms with van der Waals surface area (Å²) in [6, 6.07) is 2.07. The standard InChI is InChI=1S/C6H2BrNO5/c7-6(10)5(9)3-1-2-4(13-3)8(11)12/h1-2H. The lowest BCUT2D eigenvalue weighted by molar-refractivity contribution is -0.402. The van der Waals surface area contributed by atoms with Crippen molar-refractivity contribution in [3.05, 3.63) is 28.0 Å². The molecule has 0 amide bonds. The molecule has 0 aromatic carbocycles. The molecule has 0 unspecified atom stereocenters. The first kappa shape index (κ1) is 9.59. The molecule has 6 nitrogen and oxygen atoms in total. The second-order valence-electron chi connectivity index (χ2n) is 2.00. The van der Waals surface area contributed by atoms with Gasteiger partial charge in [-0.25, -0.2) is 0 Å². The molecule has 13 heavy (non-hydrogen) atoms. The van der Waals surface area contributed by atoms with Gasteiger partial charge in [-0.2, -0.15) is 0 Å². The molecule has 0 N–H and O–H groups in total. The lowest BCUT2D eigenvalue weighted by Crippen LogP contribution is -2.04. The molecule has 0 saturated carbocycles. The van der Waals surface area contributed by atoms with E-state index in [0.717, 1.165) is 12.1 Å². The molecule has 1 aromatic heterocycles. The van der Waals surface area contributed by atoms with E-state index in [1.165, 1.54) is 0 Å².